The molecule has 1 aliphatic rings. The summed E-state index contributed by atoms with van der Waals surface area (Å²) in [5, 5.41) is 15.5. The van der Waals surface area contributed by atoms with Crippen LogP contribution in [0.4, 0.5) is 0 Å². The minimum atomic E-state index is -0.849. The largest absolute Gasteiger partial charge is 0.493 e. The van der Waals surface area contributed by atoms with Crippen molar-refractivity contribution in [2.45, 2.75) is 51.3 Å². The molecule has 1 fully saturated rings. The Bertz CT molecular complexity index is 444. The van der Waals surface area contributed by atoms with E-state index >= 15 is 0 Å². The Labute approximate surface area is 115 Å². The summed E-state index contributed by atoms with van der Waals surface area (Å²) in [5.41, 5.74) is -0.0251. The Morgan fingerprint density at radius 3 is 2.74 bits per heavy atom. The van der Waals surface area contributed by atoms with Crippen LogP contribution in [0.25, 0.3) is 0 Å². The van der Waals surface area contributed by atoms with Crippen LogP contribution in [0.1, 0.15) is 45.3 Å². The normalized spacial score (nSPS) is 28.9. The summed E-state index contributed by atoms with van der Waals surface area (Å²) >= 11 is 0. The average molecular weight is 267 g/mol. The Kier molecular flexibility index (Phi) is 3.87. The van der Waals surface area contributed by atoms with Crippen LogP contribution in [-0.2, 0) is 5.60 Å². The van der Waals surface area contributed by atoms with Gasteiger partial charge >= 0.3 is 0 Å². The number of aliphatic hydroxyl groups is 1. The molecule has 2 unspecified atom stereocenters. The maximum atomic E-state index is 11.1. The number of piperidine rings is 1. The van der Waals surface area contributed by atoms with E-state index in [4.69, 9.17) is 4.74 Å². The summed E-state index contributed by atoms with van der Waals surface area (Å²) in [5.74, 6) is 0.688. The van der Waals surface area contributed by atoms with Gasteiger partial charge in [0.1, 0.15) is 11.3 Å². The van der Waals surface area contributed by atoms with Gasteiger partial charge in [-0.15, -0.1) is 0 Å². The number of ether oxygens (including phenoxy) is 1. The van der Waals surface area contributed by atoms with E-state index in [9.17, 15) is 5.11 Å². The van der Waals surface area contributed by atoms with Crippen LogP contribution in [0, 0.1) is 0 Å². The number of methoxy groups -OCH3 is 1. The van der Waals surface area contributed by atoms with Gasteiger partial charge in [-0.1, -0.05) is 0 Å². The lowest BCUT2D eigenvalue weighted by molar-refractivity contribution is -0.0492. The molecule has 0 bridgehead atoms. The van der Waals surface area contributed by atoms with Gasteiger partial charge < -0.3 is 14.7 Å². The summed E-state index contributed by atoms with van der Waals surface area (Å²) < 4.78 is 7.29. The number of rotatable bonds is 3. The van der Waals surface area contributed by atoms with Gasteiger partial charge in [0.2, 0.25) is 0 Å². The van der Waals surface area contributed by atoms with Gasteiger partial charge in [0.15, 0.2) is 5.75 Å². The summed E-state index contributed by atoms with van der Waals surface area (Å²) in [4.78, 5) is 2.27. The third-order valence-corrected chi connectivity index (χ3v) is 4.18. The molecule has 1 aromatic rings. The molecule has 0 aromatic carbocycles. The first kappa shape index (κ1) is 14.3. The zero-order valence-electron chi connectivity index (χ0n) is 12.6. The standard InChI is InChI=1S/C14H25N3O2/c1-10(2)17-13(12(19-5)9-15-17)14(18)6-7-16(4)11(3)8-14/h9-11,18H,6-8H2,1-5H3. The molecule has 5 heteroatoms. The molecule has 108 valence electrons. The second kappa shape index (κ2) is 5.13. The molecule has 2 heterocycles. The second-order valence-electron chi connectivity index (χ2n) is 5.92. The number of aromatic nitrogens is 2. The highest BCUT2D eigenvalue weighted by Gasteiger charge is 2.41. The van der Waals surface area contributed by atoms with Crippen LogP contribution >= 0.6 is 0 Å². The van der Waals surface area contributed by atoms with E-state index in [1.54, 1.807) is 13.3 Å². The molecule has 0 amide bonds. The maximum absolute atomic E-state index is 11.1. The van der Waals surface area contributed by atoms with Gasteiger partial charge in [-0.05, 0) is 40.7 Å². The Morgan fingerprint density at radius 2 is 2.21 bits per heavy atom. The fraction of sp³-hybridized carbons (Fsp3) is 0.786. The molecular formula is C14H25N3O2. The van der Waals surface area contributed by atoms with Crippen molar-refractivity contribution in [3.05, 3.63) is 11.9 Å². The molecule has 2 rings (SSSR count). The van der Waals surface area contributed by atoms with Gasteiger partial charge in [-0.25, -0.2) is 0 Å². The van der Waals surface area contributed by atoms with Gasteiger partial charge in [-0.3, -0.25) is 4.68 Å². The molecule has 1 saturated heterocycles. The zero-order valence-corrected chi connectivity index (χ0v) is 12.6. The predicted molar refractivity (Wildman–Crippen MR) is 74.4 cm³/mol. The van der Waals surface area contributed by atoms with E-state index in [0.717, 1.165) is 12.2 Å². The third-order valence-electron chi connectivity index (χ3n) is 4.18. The average Bonchev–Trinajstić information content (AvgIpc) is 2.79. The van der Waals surface area contributed by atoms with E-state index < -0.39 is 5.60 Å². The van der Waals surface area contributed by atoms with Gasteiger partial charge in [0.05, 0.1) is 13.3 Å². The first-order chi connectivity index (χ1) is 8.89. The topological polar surface area (TPSA) is 50.5 Å². The lowest BCUT2D eigenvalue weighted by atomic mass is 9.84. The first-order valence-electron chi connectivity index (χ1n) is 6.93. The quantitative estimate of drug-likeness (QED) is 0.907. The molecule has 1 aromatic heterocycles. The van der Waals surface area contributed by atoms with Crippen LogP contribution in [0.2, 0.25) is 0 Å². The molecule has 1 aliphatic heterocycles. The molecule has 1 N–H and O–H groups in total. The monoisotopic (exact) mass is 267 g/mol. The van der Waals surface area contributed by atoms with Crippen molar-refractivity contribution < 1.29 is 9.84 Å². The fourth-order valence-electron chi connectivity index (χ4n) is 2.87. The lowest BCUT2D eigenvalue weighted by Gasteiger charge is -2.41. The molecule has 0 saturated carbocycles. The highest BCUT2D eigenvalue weighted by molar-refractivity contribution is 5.32. The predicted octanol–water partition coefficient (Wildman–Crippen LogP) is 1.77. The van der Waals surface area contributed by atoms with Crippen molar-refractivity contribution in [2.24, 2.45) is 0 Å². The Hall–Kier alpha value is -1.07. The van der Waals surface area contributed by atoms with E-state index in [-0.39, 0.29) is 6.04 Å². The highest BCUT2D eigenvalue weighted by atomic mass is 16.5. The Morgan fingerprint density at radius 1 is 1.53 bits per heavy atom. The van der Waals surface area contributed by atoms with Gasteiger partial charge in [0, 0.05) is 18.6 Å². The lowest BCUT2D eigenvalue weighted by Crippen LogP contribution is -2.47. The van der Waals surface area contributed by atoms with Crippen molar-refractivity contribution in [1.82, 2.24) is 14.7 Å². The maximum Gasteiger partial charge on any atom is 0.162 e. The molecular weight excluding hydrogens is 242 g/mol. The number of nitrogens with zero attached hydrogens (tertiary/aromatic N) is 3. The molecule has 19 heavy (non-hydrogen) atoms. The Balaban J connectivity index is 2.42. The van der Waals surface area contributed by atoms with E-state index in [0.29, 0.717) is 24.6 Å². The second-order valence-corrected chi connectivity index (χ2v) is 5.92. The summed E-state index contributed by atoms with van der Waals surface area (Å²) in [6, 6.07) is 0.553. The summed E-state index contributed by atoms with van der Waals surface area (Å²) in [6.45, 7) is 7.16. The number of likely N-dealkylation sites (tertiary alicyclic amines) is 1. The molecule has 0 aliphatic carbocycles. The van der Waals surface area contributed by atoms with Crippen molar-refractivity contribution in [1.29, 1.82) is 0 Å². The van der Waals surface area contributed by atoms with Crippen LogP contribution in [-0.4, -0.2) is 46.5 Å². The molecule has 0 spiro atoms. The van der Waals surface area contributed by atoms with Crippen LogP contribution in [0.3, 0.4) is 0 Å². The van der Waals surface area contributed by atoms with E-state index in [1.165, 1.54) is 0 Å². The number of hydrogen-bond acceptors (Lipinski definition) is 4. The molecule has 2 atom stereocenters. The van der Waals surface area contributed by atoms with Gasteiger partial charge in [-0.2, -0.15) is 5.10 Å². The van der Waals surface area contributed by atoms with Crippen molar-refractivity contribution >= 4 is 0 Å². The third kappa shape index (κ3) is 2.49. The highest BCUT2D eigenvalue weighted by Crippen LogP contribution is 2.40. The van der Waals surface area contributed by atoms with E-state index in [2.05, 4.69) is 37.8 Å². The van der Waals surface area contributed by atoms with Crippen molar-refractivity contribution in [3.8, 4) is 5.75 Å². The SMILES string of the molecule is COc1cnn(C(C)C)c1C1(O)CCN(C)C(C)C1. The summed E-state index contributed by atoms with van der Waals surface area (Å²) in [6.07, 6.45) is 3.12. The van der Waals surface area contributed by atoms with Gasteiger partial charge in [0.25, 0.3) is 0 Å². The van der Waals surface area contributed by atoms with Crippen molar-refractivity contribution in [3.63, 3.8) is 0 Å². The fourth-order valence-corrected chi connectivity index (χ4v) is 2.87. The minimum Gasteiger partial charge on any atom is -0.493 e. The first-order valence-corrected chi connectivity index (χ1v) is 6.93. The van der Waals surface area contributed by atoms with Crippen LogP contribution in [0.5, 0.6) is 5.75 Å². The number of hydrogen-bond donors (Lipinski definition) is 1. The van der Waals surface area contributed by atoms with Crippen molar-refractivity contribution in [2.75, 3.05) is 20.7 Å². The molecule has 0 radical (unpaired) electrons. The van der Waals surface area contributed by atoms with Crippen LogP contribution < -0.4 is 4.74 Å². The smallest absolute Gasteiger partial charge is 0.162 e. The summed E-state index contributed by atoms with van der Waals surface area (Å²) in [7, 11) is 3.73. The van der Waals surface area contributed by atoms with E-state index in [1.807, 2.05) is 4.68 Å². The van der Waals surface area contributed by atoms with Crippen LogP contribution in [0.15, 0.2) is 6.20 Å². The molecule has 5 nitrogen and oxygen atoms in total. The minimum absolute atomic E-state index is 0.206. The zero-order chi connectivity index (χ0) is 14.2.